The molecular weight excluding hydrogens is 502 g/mol. The van der Waals surface area contributed by atoms with Crippen molar-refractivity contribution in [3.8, 4) is 11.5 Å². The lowest BCUT2D eigenvalue weighted by atomic mass is 9.90. The van der Waals surface area contributed by atoms with Gasteiger partial charge in [-0.05, 0) is 54.8 Å². The molecule has 3 heterocycles. The summed E-state index contributed by atoms with van der Waals surface area (Å²) in [7, 11) is 0. The number of amides is 1. The van der Waals surface area contributed by atoms with Gasteiger partial charge in [0.1, 0.15) is 6.61 Å². The number of carbonyl (C=O) groups excluding carboxylic acids is 2. The van der Waals surface area contributed by atoms with Crippen LogP contribution in [-0.2, 0) is 31.6 Å². The van der Waals surface area contributed by atoms with Crippen LogP contribution in [0, 0.1) is 0 Å². The van der Waals surface area contributed by atoms with Crippen molar-refractivity contribution in [2.75, 3.05) is 18.5 Å². The monoisotopic (exact) mass is 528 g/mol. The number of cyclic esters (lactones) is 2. The number of benzene rings is 2. The predicted octanol–water partition coefficient (Wildman–Crippen LogP) is 4.44. The SMILES string of the molecule is CC(C)(CO)c1cc2cc(NC(=O)C3(c4ccc5c(c4)OC(F)(F)O5)CC3)ccc2n1CC1COC(=O)O1. The number of aliphatic hydroxyl groups is 1. The van der Waals surface area contributed by atoms with Crippen molar-refractivity contribution in [3.63, 3.8) is 0 Å². The minimum atomic E-state index is -3.72. The number of carbonyl (C=O) groups is 2. The van der Waals surface area contributed by atoms with Crippen LogP contribution >= 0.6 is 0 Å². The van der Waals surface area contributed by atoms with Crippen LogP contribution < -0.4 is 14.8 Å². The number of fused-ring (bicyclic) bond motifs is 2. The number of halogens is 2. The van der Waals surface area contributed by atoms with Gasteiger partial charge in [-0.2, -0.15) is 0 Å². The van der Waals surface area contributed by atoms with Crippen molar-refractivity contribution in [2.24, 2.45) is 0 Å². The molecule has 1 aromatic heterocycles. The molecule has 1 atom stereocenters. The van der Waals surface area contributed by atoms with Crippen LogP contribution in [-0.4, -0.2) is 47.3 Å². The van der Waals surface area contributed by atoms with Gasteiger partial charge in [0.2, 0.25) is 5.91 Å². The van der Waals surface area contributed by atoms with Crippen molar-refractivity contribution in [3.05, 3.63) is 53.7 Å². The van der Waals surface area contributed by atoms with Crippen molar-refractivity contribution in [1.29, 1.82) is 0 Å². The summed E-state index contributed by atoms with van der Waals surface area (Å²) in [6, 6.07) is 11.9. The van der Waals surface area contributed by atoms with Crippen LogP contribution in [0.5, 0.6) is 11.5 Å². The van der Waals surface area contributed by atoms with E-state index in [1.807, 2.05) is 36.6 Å². The number of anilines is 1. The van der Waals surface area contributed by atoms with Crippen molar-refractivity contribution >= 4 is 28.7 Å². The highest BCUT2D eigenvalue weighted by atomic mass is 19.3. The average molecular weight is 529 g/mol. The van der Waals surface area contributed by atoms with E-state index in [2.05, 4.69) is 14.8 Å². The lowest BCUT2D eigenvalue weighted by molar-refractivity contribution is -0.286. The molecule has 38 heavy (non-hydrogen) atoms. The number of aliphatic hydroxyl groups excluding tert-OH is 1. The van der Waals surface area contributed by atoms with E-state index in [1.165, 1.54) is 12.1 Å². The molecule has 1 aliphatic carbocycles. The number of hydrogen-bond donors (Lipinski definition) is 2. The van der Waals surface area contributed by atoms with Gasteiger partial charge < -0.3 is 33.9 Å². The number of alkyl halides is 2. The fraction of sp³-hybridized carbons (Fsp3) is 0.407. The molecule has 1 saturated carbocycles. The summed E-state index contributed by atoms with van der Waals surface area (Å²) in [6.07, 6.45) is -3.73. The Morgan fingerprint density at radius 1 is 1.13 bits per heavy atom. The van der Waals surface area contributed by atoms with Gasteiger partial charge >= 0.3 is 12.5 Å². The zero-order chi connectivity index (χ0) is 26.9. The first-order chi connectivity index (χ1) is 18.0. The van der Waals surface area contributed by atoms with Crippen molar-refractivity contribution < 1.29 is 42.4 Å². The maximum absolute atomic E-state index is 13.4. The summed E-state index contributed by atoms with van der Waals surface area (Å²) in [5.74, 6) is -0.398. The van der Waals surface area contributed by atoms with Crippen LogP contribution in [0.1, 0.15) is 37.9 Å². The van der Waals surface area contributed by atoms with Gasteiger partial charge in [-0.3, -0.25) is 4.79 Å². The van der Waals surface area contributed by atoms with Gasteiger partial charge in [-0.25, -0.2) is 4.79 Å². The maximum Gasteiger partial charge on any atom is 0.586 e. The summed E-state index contributed by atoms with van der Waals surface area (Å²) in [5, 5.41) is 13.8. The van der Waals surface area contributed by atoms with E-state index in [9.17, 15) is 23.5 Å². The van der Waals surface area contributed by atoms with E-state index in [0.717, 1.165) is 16.6 Å². The minimum absolute atomic E-state index is 0.0644. The molecule has 2 N–H and O–H groups in total. The Morgan fingerprint density at radius 2 is 1.89 bits per heavy atom. The van der Waals surface area contributed by atoms with Gasteiger partial charge in [-0.1, -0.05) is 19.9 Å². The van der Waals surface area contributed by atoms with Crippen LogP contribution in [0.4, 0.5) is 19.3 Å². The summed E-state index contributed by atoms with van der Waals surface area (Å²) < 4.78 is 48.1. The van der Waals surface area contributed by atoms with E-state index in [0.29, 0.717) is 30.6 Å². The van der Waals surface area contributed by atoms with Crippen molar-refractivity contribution in [2.45, 2.75) is 56.5 Å². The van der Waals surface area contributed by atoms with Crippen LogP contribution in [0.15, 0.2) is 42.5 Å². The predicted molar refractivity (Wildman–Crippen MR) is 130 cm³/mol. The molecule has 1 amide bonds. The third-order valence-corrected chi connectivity index (χ3v) is 7.42. The molecule has 0 spiro atoms. The Hall–Kier alpha value is -3.86. The molecule has 2 aliphatic heterocycles. The molecular formula is C27H26F2N2O7. The van der Waals surface area contributed by atoms with E-state index in [-0.39, 0.29) is 30.6 Å². The lowest BCUT2D eigenvalue weighted by Gasteiger charge is -2.25. The molecule has 200 valence electrons. The maximum atomic E-state index is 13.4. The summed E-state index contributed by atoms with van der Waals surface area (Å²) >= 11 is 0. The molecule has 0 bridgehead atoms. The molecule has 3 aromatic rings. The molecule has 1 unspecified atom stereocenters. The number of ether oxygens (including phenoxy) is 4. The number of hydrogen-bond acceptors (Lipinski definition) is 7. The highest BCUT2D eigenvalue weighted by Gasteiger charge is 2.52. The zero-order valence-corrected chi connectivity index (χ0v) is 20.8. The van der Waals surface area contributed by atoms with E-state index in [4.69, 9.17) is 9.47 Å². The largest absolute Gasteiger partial charge is 0.586 e. The molecule has 11 heteroatoms. The van der Waals surface area contributed by atoms with E-state index >= 15 is 0 Å². The van der Waals surface area contributed by atoms with Crippen molar-refractivity contribution in [1.82, 2.24) is 4.57 Å². The normalized spacial score (nSPS) is 20.8. The first-order valence-corrected chi connectivity index (χ1v) is 12.3. The highest BCUT2D eigenvalue weighted by molar-refractivity contribution is 6.02. The third kappa shape index (κ3) is 4.10. The summed E-state index contributed by atoms with van der Waals surface area (Å²) in [5.41, 5.74) is 1.43. The molecule has 0 radical (unpaired) electrons. The van der Waals surface area contributed by atoms with Gasteiger partial charge in [0.15, 0.2) is 17.6 Å². The van der Waals surface area contributed by atoms with Gasteiger partial charge in [0.05, 0.1) is 18.6 Å². The molecule has 6 rings (SSSR count). The Bertz CT molecular complexity index is 1460. The first kappa shape index (κ1) is 24.5. The molecule has 2 aromatic carbocycles. The van der Waals surface area contributed by atoms with E-state index < -0.39 is 29.4 Å². The smallest absolute Gasteiger partial charge is 0.430 e. The summed E-state index contributed by atoms with van der Waals surface area (Å²) in [4.78, 5) is 24.8. The highest BCUT2D eigenvalue weighted by Crippen LogP contribution is 2.52. The average Bonchev–Trinajstić information content (AvgIpc) is 3.31. The van der Waals surface area contributed by atoms with Crippen LogP contribution in [0.2, 0.25) is 0 Å². The lowest BCUT2D eigenvalue weighted by Crippen LogP contribution is -2.29. The Morgan fingerprint density at radius 3 is 2.58 bits per heavy atom. The molecule has 3 aliphatic rings. The number of aromatic nitrogens is 1. The Kier molecular flexibility index (Phi) is 5.36. The van der Waals surface area contributed by atoms with Gasteiger partial charge in [0, 0.05) is 27.7 Å². The number of nitrogens with zero attached hydrogens (tertiary/aromatic N) is 1. The second-order valence-electron chi connectivity index (χ2n) is 10.6. The van der Waals surface area contributed by atoms with Crippen LogP contribution in [0.3, 0.4) is 0 Å². The molecule has 1 saturated heterocycles. The standard InChI is InChI=1S/C27H26F2N2O7/c1-25(2,14-32)22-10-15-9-17(4-5-19(15)31(22)12-18-13-35-24(34)36-18)30-23(33)26(7-8-26)16-3-6-20-21(11-16)38-27(28,29)37-20/h3-6,9-11,18,32H,7-8,12-14H2,1-2H3,(H,30,33). The number of rotatable bonds is 7. The second-order valence-corrected chi connectivity index (χ2v) is 10.6. The Labute approximate surface area is 216 Å². The fourth-order valence-corrected chi connectivity index (χ4v) is 5.12. The zero-order valence-electron chi connectivity index (χ0n) is 20.8. The topological polar surface area (TPSA) is 108 Å². The second kappa shape index (κ2) is 8.32. The molecule has 2 fully saturated rings. The third-order valence-electron chi connectivity index (χ3n) is 7.42. The van der Waals surface area contributed by atoms with E-state index in [1.54, 1.807) is 12.1 Å². The van der Waals surface area contributed by atoms with Crippen LogP contribution in [0.25, 0.3) is 10.9 Å². The minimum Gasteiger partial charge on any atom is -0.430 e. The first-order valence-electron chi connectivity index (χ1n) is 12.3. The number of nitrogens with one attached hydrogen (secondary N) is 1. The quantitative estimate of drug-likeness (QED) is 0.437. The Balaban J connectivity index is 1.27. The molecule has 9 nitrogen and oxygen atoms in total. The summed E-state index contributed by atoms with van der Waals surface area (Å²) in [6.45, 7) is 4.22. The van der Waals surface area contributed by atoms with Gasteiger partial charge in [-0.15, -0.1) is 8.78 Å². The van der Waals surface area contributed by atoms with Gasteiger partial charge in [0.25, 0.3) is 0 Å². The fourth-order valence-electron chi connectivity index (χ4n) is 5.12.